The predicted octanol–water partition coefficient (Wildman–Crippen LogP) is 2.26. The van der Waals surface area contributed by atoms with Crippen molar-refractivity contribution in [3.8, 4) is 0 Å². The number of hydrogen-bond donors (Lipinski definition) is 1. The molecule has 1 aromatic carbocycles. The highest BCUT2D eigenvalue weighted by Gasteiger charge is 2.37. The van der Waals surface area contributed by atoms with Crippen molar-refractivity contribution in [2.45, 2.75) is 19.3 Å². The van der Waals surface area contributed by atoms with E-state index in [1.54, 1.807) is 11.1 Å². The first-order chi connectivity index (χ1) is 11.7. The largest absolute Gasteiger partial charge is 0.367 e. The van der Waals surface area contributed by atoms with E-state index in [0.29, 0.717) is 25.3 Å². The molecule has 2 amide bonds. The quantitative estimate of drug-likeness (QED) is 0.938. The minimum Gasteiger partial charge on any atom is -0.367 e. The summed E-state index contributed by atoms with van der Waals surface area (Å²) in [6.07, 6.45) is 6.39. The highest BCUT2D eigenvalue weighted by molar-refractivity contribution is 5.96. The highest BCUT2D eigenvalue weighted by atomic mass is 16.2. The Labute approximate surface area is 141 Å². The summed E-state index contributed by atoms with van der Waals surface area (Å²) in [5.74, 6) is 0.429. The first kappa shape index (κ1) is 15.0. The smallest absolute Gasteiger partial charge is 0.257 e. The SMILES string of the molecule is O=C(c1c[nH]cc1Cc1ccccc1)N1CCN(C(=O)C2CC2)C1. The Bertz CT molecular complexity index is 749. The molecule has 1 saturated carbocycles. The topological polar surface area (TPSA) is 56.4 Å². The van der Waals surface area contributed by atoms with Crippen LogP contribution in [0.1, 0.15) is 34.3 Å². The molecule has 0 radical (unpaired) electrons. The molecule has 2 aliphatic rings. The summed E-state index contributed by atoms with van der Waals surface area (Å²) in [5.41, 5.74) is 2.89. The van der Waals surface area contributed by atoms with Crippen molar-refractivity contribution < 1.29 is 9.59 Å². The Kier molecular flexibility index (Phi) is 3.84. The van der Waals surface area contributed by atoms with E-state index in [-0.39, 0.29) is 17.7 Å². The number of carbonyl (C=O) groups is 2. The lowest BCUT2D eigenvalue weighted by atomic mass is 10.0. The third-order valence-electron chi connectivity index (χ3n) is 4.81. The van der Waals surface area contributed by atoms with E-state index < -0.39 is 0 Å². The molecule has 5 nitrogen and oxygen atoms in total. The van der Waals surface area contributed by atoms with Gasteiger partial charge in [0.05, 0.1) is 12.2 Å². The molecule has 1 N–H and O–H groups in total. The van der Waals surface area contributed by atoms with Gasteiger partial charge < -0.3 is 14.8 Å². The number of carbonyl (C=O) groups excluding carboxylic acids is 2. The van der Waals surface area contributed by atoms with E-state index in [2.05, 4.69) is 17.1 Å². The summed E-state index contributed by atoms with van der Waals surface area (Å²) >= 11 is 0. The average Bonchev–Trinajstić information content (AvgIpc) is 3.16. The van der Waals surface area contributed by atoms with Gasteiger partial charge in [-0.25, -0.2) is 0 Å². The number of aromatic amines is 1. The second kappa shape index (κ2) is 6.15. The molecule has 124 valence electrons. The van der Waals surface area contributed by atoms with Crippen molar-refractivity contribution >= 4 is 11.8 Å². The first-order valence-electron chi connectivity index (χ1n) is 8.50. The number of amides is 2. The fraction of sp³-hybridized carbons (Fsp3) is 0.368. The van der Waals surface area contributed by atoms with Gasteiger partial charge in [0.25, 0.3) is 5.91 Å². The van der Waals surface area contributed by atoms with Crippen molar-refractivity contribution in [2.75, 3.05) is 19.8 Å². The first-order valence-corrected chi connectivity index (χ1v) is 8.50. The van der Waals surface area contributed by atoms with Gasteiger partial charge in [-0.15, -0.1) is 0 Å². The second-order valence-corrected chi connectivity index (χ2v) is 6.64. The maximum absolute atomic E-state index is 12.8. The van der Waals surface area contributed by atoms with E-state index >= 15 is 0 Å². The van der Waals surface area contributed by atoms with Crippen LogP contribution in [0.25, 0.3) is 0 Å². The van der Waals surface area contributed by atoms with Crippen molar-refractivity contribution in [1.82, 2.24) is 14.8 Å². The highest BCUT2D eigenvalue weighted by Crippen LogP contribution is 2.32. The summed E-state index contributed by atoms with van der Waals surface area (Å²) in [5, 5.41) is 0. The molecule has 24 heavy (non-hydrogen) atoms. The fourth-order valence-electron chi connectivity index (χ4n) is 3.25. The van der Waals surface area contributed by atoms with Crippen LogP contribution in [0.4, 0.5) is 0 Å². The lowest BCUT2D eigenvalue weighted by Crippen LogP contribution is -2.34. The zero-order valence-corrected chi connectivity index (χ0v) is 13.6. The van der Waals surface area contributed by atoms with Crippen LogP contribution < -0.4 is 0 Å². The number of aromatic nitrogens is 1. The number of nitrogens with zero attached hydrogens (tertiary/aromatic N) is 2. The lowest BCUT2D eigenvalue weighted by Gasteiger charge is -2.18. The molecule has 1 aliphatic carbocycles. The van der Waals surface area contributed by atoms with E-state index in [1.807, 2.05) is 29.3 Å². The summed E-state index contributed by atoms with van der Waals surface area (Å²) in [6, 6.07) is 10.1. The van der Waals surface area contributed by atoms with Gasteiger partial charge in [0.15, 0.2) is 0 Å². The van der Waals surface area contributed by atoms with Crippen LogP contribution in [0.15, 0.2) is 42.7 Å². The Morgan fingerprint density at radius 3 is 2.54 bits per heavy atom. The fourth-order valence-corrected chi connectivity index (χ4v) is 3.25. The molecule has 2 fully saturated rings. The van der Waals surface area contributed by atoms with Crippen LogP contribution in [0.5, 0.6) is 0 Å². The molecule has 1 aromatic heterocycles. The Morgan fingerprint density at radius 1 is 1.04 bits per heavy atom. The van der Waals surface area contributed by atoms with Gasteiger partial charge in [-0.2, -0.15) is 0 Å². The van der Waals surface area contributed by atoms with E-state index in [4.69, 9.17) is 0 Å². The van der Waals surface area contributed by atoms with Crippen molar-refractivity contribution in [1.29, 1.82) is 0 Å². The lowest BCUT2D eigenvalue weighted by molar-refractivity contribution is -0.131. The number of benzene rings is 1. The molecule has 0 bridgehead atoms. The molecule has 4 rings (SSSR count). The van der Waals surface area contributed by atoms with Gasteiger partial charge in [0, 0.05) is 31.4 Å². The van der Waals surface area contributed by atoms with Crippen LogP contribution in [-0.2, 0) is 11.2 Å². The zero-order chi connectivity index (χ0) is 16.5. The maximum Gasteiger partial charge on any atom is 0.257 e. The monoisotopic (exact) mass is 323 g/mol. The average molecular weight is 323 g/mol. The van der Waals surface area contributed by atoms with Crippen LogP contribution >= 0.6 is 0 Å². The van der Waals surface area contributed by atoms with Gasteiger partial charge in [-0.05, 0) is 30.4 Å². The third kappa shape index (κ3) is 2.94. The Balaban J connectivity index is 1.45. The minimum absolute atomic E-state index is 0.00766. The van der Waals surface area contributed by atoms with Gasteiger partial charge >= 0.3 is 0 Å². The number of nitrogens with one attached hydrogen (secondary N) is 1. The van der Waals surface area contributed by atoms with Crippen molar-refractivity contribution in [2.24, 2.45) is 5.92 Å². The van der Waals surface area contributed by atoms with Gasteiger partial charge in [0.1, 0.15) is 0 Å². The molecule has 0 unspecified atom stereocenters. The van der Waals surface area contributed by atoms with Gasteiger partial charge in [0.2, 0.25) is 5.91 Å². The van der Waals surface area contributed by atoms with E-state index in [1.165, 1.54) is 5.56 Å². The number of rotatable bonds is 4. The van der Waals surface area contributed by atoms with Crippen molar-refractivity contribution in [3.05, 3.63) is 59.4 Å². The Morgan fingerprint density at radius 2 is 1.79 bits per heavy atom. The van der Waals surface area contributed by atoms with Crippen molar-refractivity contribution in [3.63, 3.8) is 0 Å². The molecule has 0 atom stereocenters. The molecule has 2 heterocycles. The predicted molar refractivity (Wildman–Crippen MR) is 90.4 cm³/mol. The van der Waals surface area contributed by atoms with Gasteiger partial charge in [-0.3, -0.25) is 9.59 Å². The standard InChI is InChI=1S/C19H21N3O2/c23-18(15-6-7-15)21-8-9-22(13-21)19(24)17-12-20-11-16(17)10-14-4-2-1-3-5-14/h1-5,11-12,15,20H,6-10,13H2. The molecular weight excluding hydrogens is 302 g/mol. The zero-order valence-electron chi connectivity index (χ0n) is 13.6. The normalized spacial score (nSPS) is 17.3. The second-order valence-electron chi connectivity index (χ2n) is 6.64. The number of hydrogen-bond acceptors (Lipinski definition) is 2. The summed E-state index contributed by atoms with van der Waals surface area (Å²) in [6.45, 7) is 1.69. The minimum atomic E-state index is 0.00766. The van der Waals surface area contributed by atoms with Crippen LogP contribution in [0.3, 0.4) is 0 Å². The van der Waals surface area contributed by atoms with Crippen LogP contribution in [-0.4, -0.2) is 46.4 Å². The summed E-state index contributed by atoms with van der Waals surface area (Å²) in [4.78, 5) is 31.6. The maximum atomic E-state index is 12.8. The van der Waals surface area contributed by atoms with Crippen LogP contribution in [0.2, 0.25) is 0 Å². The molecule has 5 heteroatoms. The molecule has 2 aromatic rings. The molecule has 0 spiro atoms. The number of H-pyrrole nitrogens is 1. The molecular formula is C19H21N3O2. The summed E-state index contributed by atoms with van der Waals surface area (Å²) < 4.78 is 0. The van der Waals surface area contributed by atoms with E-state index in [0.717, 1.165) is 24.8 Å². The molecule has 1 saturated heterocycles. The summed E-state index contributed by atoms with van der Waals surface area (Å²) in [7, 11) is 0. The molecule has 1 aliphatic heterocycles. The van der Waals surface area contributed by atoms with E-state index in [9.17, 15) is 9.59 Å². The van der Waals surface area contributed by atoms with Crippen LogP contribution in [0, 0.1) is 5.92 Å². The third-order valence-corrected chi connectivity index (χ3v) is 4.81. The Hall–Kier alpha value is -2.56. The van der Waals surface area contributed by atoms with Gasteiger partial charge in [-0.1, -0.05) is 30.3 Å².